The van der Waals surface area contributed by atoms with Crippen LogP contribution in [0, 0.1) is 5.82 Å². The number of hydrogen-bond acceptors (Lipinski definition) is 6. The molecule has 1 aliphatic rings. The lowest BCUT2D eigenvalue weighted by Gasteiger charge is -2.32. The standard InChI is InChI=1S/C18H23FN4O2/c1-20-18-17(21-7-8-22-18)16-13-23(10-12-25-16)9-4-11-24-15-6-3-2-5-14(15)19/h2-3,5-8,16H,4,9-13H2,1H3,(H,20,22)/t16-/m0/s1. The molecule has 1 aliphatic heterocycles. The topological polar surface area (TPSA) is 59.5 Å². The Hall–Kier alpha value is -2.25. The highest BCUT2D eigenvalue weighted by Crippen LogP contribution is 2.25. The van der Waals surface area contributed by atoms with Gasteiger partial charge in [-0.05, 0) is 18.6 Å². The molecule has 0 bridgehead atoms. The molecule has 1 aromatic carbocycles. The van der Waals surface area contributed by atoms with Crippen LogP contribution in [0.15, 0.2) is 36.7 Å². The number of nitrogens with zero attached hydrogens (tertiary/aromatic N) is 3. The van der Waals surface area contributed by atoms with Crippen molar-refractivity contribution in [2.45, 2.75) is 12.5 Å². The van der Waals surface area contributed by atoms with E-state index in [-0.39, 0.29) is 11.9 Å². The minimum absolute atomic E-state index is 0.0996. The van der Waals surface area contributed by atoms with Crippen LogP contribution in [0.4, 0.5) is 10.2 Å². The summed E-state index contributed by atoms with van der Waals surface area (Å²) < 4.78 is 24.9. The molecule has 6 nitrogen and oxygen atoms in total. The first kappa shape index (κ1) is 17.6. The summed E-state index contributed by atoms with van der Waals surface area (Å²) in [6.45, 7) is 3.62. The van der Waals surface area contributed by atoms with Crippen LogP contribution in [-0.4, -0.2) is 54.8 Å². The van der Waals surface area contributed by atoms with E-state index < -0.39 is 0 Å². The molecule has 0 aliphatic carbocycles. The smallest absolute Gasteiger partial charge is 0.165 e. The molecule has 0 amide bonds. The maximum Gasteiger partial charge on any atom is 0.165 e. The first-order valence-corrected chi connectivity index (χ1v) is 8.48. The van der Waals surface area contributed by atoms with Crippen molar-refractivity contribution in [1.82, 2.24) is 14.9 Å². The third kappa shape index (κ3) is 4.64. The molecule has 7 heteroatoms. The average Bonchev–Trinajstić information content (AvgIpc) is 2.67. The van der Waals surface area contributed by atoms with E-state index in [9.17, 15) is 4.39 Å². The van der Waals surface area contributed by atoms with Gasteiger partial charge in [0.15, 0.2) is 11.6 Å². The molecule has 0 unspecified atom stereocenters. The third-order valence-corrected chi connectivity index (χ3v) is 4.13. The van der Waals surface area contributed by atoms with Gasteiger partial charge in [-0.1, -0.05) is 12.1 Å². The van der Waals surface area contributed by atoms with E-state index in [4.69, 9.17) is 9.47 Å². The fourth-order valence-electron chi connectivity index (χ4n) is 2.88. The summed E-state index contributed by atoms with van der Waals surface area (Å²) in [5.74, 6) is 0.731. The number of anilines is 1. The van der Waals surface area contributed by atoms with E-state index in [1.54, 1.807) is 30.6 Å². The molecular weight excluding hydrogens is 323 g/mol. The van der Waals surface area contributed by atoms with Crippen molar-refractivity contribution in [3.05, 3.63) is 48.2 Å². The van der Waals surface area contributed by atoms with Gasteiger partial charge in [-0.25, -0.2) is 9.37 Å². The van der Waals surface area contributed by atoms with Crippen LogP contribution < -0.4 is 10.1 Å². The Kier molecular flexibility index (Phi) is 6.14. The lowest BCUT2D eigenvalue weighted by Crippen LogP contribution is -2.39. The molecular formula is C18H23FN4O2. The number of morpholine rings is 1. The number of halogens is 1. The molecule has 25 heavy (non-hydrogen) atoms. The summed E-state index contributed by atoms with van der Waals surface area (Å²) in [5.41, 5.74) is 0.831. The van der Waals surface area contributed by atoms with Gasteiger partial charge in [0.2, 0.25) is 0 Å². The van der Waals surface area contributed by atoms with Crippen molar-refractivity contribution in [2.75, 3.05) is 45.2 Å². The van der Waals surface area contributed by atoms with Crippen molar-refractivity contribution in [3.63, 3.8) is 0 Å². The number of para-hydroxylation sites is 1. The van der Waals surface area contributed by atoms with E-state index in [0.717, 1.165) is 37.6 Å². The van der Waals surface area contributed by atoms with Gasteiger partial charge in [0.25, 0.3) is 0 Å². The number of hydrogen-bond donors (Lipinski definition) is 1. The van der Waals surface area contributed by atoms with Crippen LogP contribution in [0.1, 0.15) is 18.2 Å². The second-order valence-electron chi connectivity index (χ2n) is 5.83. The van der Waals surface area contributed by atoms with E-state index in [2.05, 4.69) is 20.2 Å². The molecule has 0 spiro atoms. The van der Waals surface area contributed by atoms with Crippen molar-refractivity contribution < 1.29 is 13.9 Å². The lowest BCUT2D eigenvalue weighted by molar-refractivity contribution is -0.0328. The Labute approximate surface area is 147 Å². The Morgan fingerprint density at radius 3 is 3.00 bits per heavy atom. The first-order valence-electron chi connectivity index (χ1n) is 8.48. The van der Waals surface area contributed by atoms with Crippen molar-refractivity contribution in [3.8, 4) is 5.75 Å². The van der Waals surface area contributed by atoms with Crippen molar-refractivity contribution in [2.24, 2.45) is 0 Å². The predicted molar refractivity (Wildman–Crippen MR) is 93.2 cm³/mol. The molecule has 1 aromatic heterocycles. The molecule has 0 radical (unpaired) electrons. The van der Waals surface area contributed by atoms with Gasteiger partial charge in [0.05, 0.1) is 13.2 Å². The fraction of sp³-hybridized carbons (Fsp3) is 0.444. The summed E-state index contributed by atoms with van der Waals surface area (Å²) in [6.07, 6.45) is 4.06. The van der Waals surface area contributed by atoms with Gasteiger partial charge in [0, 0.05) is 39.1 Å². The average molecular weight is 346 g/mol. The van der Waals surface area contributed by atoms with E-state index in [1.165, 1.54) is 6.07 Å². The Morgan fingerprint density at radius 1 is 1.32 bits per heavy atom. The summed E-state index contributed by atoms with van der Waals surface area (Å²) in [7, 11) is 1.83. The molecule has 1 saturated heterocycles. The summed E-state index contributed by atoms with van der Waals surface area (Å²) in [5, 5.41) is 3.06. The van der Waals surface area contributed by atoms with Crippen LogP contribution in [0.5, 0.6) is 5.75 Å². The highest BCUT2D eigenvalue weighted by Gasteiger charge is 2.25. The molecule has 0 saturated carbocycles. The summed E-state index contributed by atoms with van der Waals surface area (Å²) in [6, 6.07) is 6.47. The molecule has 1 fully saturated rings. The quantitative estimate of drug-likeness (QED) is 0.778. The number of nitrogens with one attached hydrogen (secondary N) is 1. The number of rotatable bonds is 7. The largest absolute Gasteiger partial charge is 0.490 e. The minimum Gasteiger partial charge on any atom is -0.490 e. The number of ether oxygens (including phenoxy) is 2. The van der Waals surface area contributed by atoms with Gasteiger partial charge in [0.1, 0.15) is 17.6 Å². The zero-order chi connectivity index (χ0) is 17.5. The Morgan fingerprint density at radius 2 is 2.16 bits per heavy atom. The first-order chi connectivity index (χ1) is 12.3. The Bertz CT molecular complexity index is 686. The highest BCUT2D eigenvalue weighted by atomic mass is 19.1. The predicted octanol–water partition coefficient (Wildman–Crippen LogP) is 2.50. The second kappa shape index (κ2) is 8.73. The number of benzene rings is 1. The molecule has 1 N–H and O–H groups in total. The molecule has 2 heterocycles. The van der Waals surface area contributed by atoms with Gasteiger partial charge in [-0.3, -0.25) is 9.88 Å². The van der Waals surface area contributed by atoms with Crippen LogP contribution in [0.3, 0.4) is 0 Å². The van der Waals surface area contributed by atoms with Crippen LogP contribution >= 0.6 is 0 Å². The van der Waals surface area contributed by atoms with Gasteiger partial charge in [-0.2, -0.15) is 0 Å². The van der Waals surface area contributed by atoms with Crippen molar-refractivity contribution >= 4 is 5.82 Å². The maximum absolute atomic E-state index is 13.5. The molecule has 3 rings (SSSR count). The monoisotopic (exact) mass is 346 g/mol. The minimum atomic E-state index is -0.323. The van der Waals surface area contributed by atoms with Gasteiger partial charge in [-0.15, -0.1) is 0 Å². The molecule has 134 valence electrons. The van der Waals surface area contributed by atoms with E-state index in [1.807, 2.05) is 7.05 Å². The Balaban J connectivity index is 1.48. The zero-order valence-corrected chi connectivity index (χ0v) is 14.3. The normalized spacial score (nSPS) is 18.1. The molecule has 2 aromatic rings. The van der Waals surface area contributed by atoms with E-state index >= 15 is 0 Å². The second-order valence-corrected chi connectivity index (χ2v) is 5.83. The third-order valence-electron chi connectivity index (χ3n) is 4.13. The van der Waals surface area contributed by atoms with Gasteiger partial charge < -0.3 is 14.8 Å². The summed E-state index contributed by atoms with van der Waals surface area (Å²) >= 11 is 0. The van der Waals surface area contributed by atoms with Crippen LogP contribution in [-0.2, 0) is 4.74 Å². The number of aromatic nitrogens is 2. The summed E-state index contributed by atoms with van der Waals surface area (Å²) in [4.78, 5) is 11.0. The van der Waals surface area contributed by atoms with Crippen LogP contribution in [0.2, 0.25) is 0 Å². The fourth-order valence-corrected chi connectivity index (χ4v) is 2.88. The SMILES string of the molecule is CNc1nccnc1[C@@H]1CN(CCCOc2ccccc2F)CCO1. The maximum atomic E-state index is 13.5. The molecule has 1 atom stereocenters. The lowest BCUT2D eigenvalue weighted by atomic mass is 10.2. The van der Waals surface area contributed by atoms with Crippen molar-refractivity contribution in [1.29, 1.82) is 0 Å². The highest BCUT2D eigenvalue weighted by molar-refractivity contribution is 5.40. The van der Waals surface area contributed by atoms with Gasteiger partial charge >= 0.3 is 0 Å². The van der Waals surface area contributed by atoms with E-state index in [0.29, 0.717) is 19.0 Å². The van der Waals surface area contributed by atoms with Crippen LogP contribution in [0.25, 0.3) is 0 Å². The zero-order valence-electron chi connectivity index (χ0n) is 14.3.